The number of carbonyl (C=O) groups is 2. The number of hydrogen-bond donors (Lipinski definition) is 0. The van der Waals surface area contributed by atoms with Crippen molar-refractivity contribution in [2.45, 2.75) is 27.7 Å². The standard InChI is InChI=1S/C24H24N2O3/c1-5-29-24(28)20-8-12-23(13-9-20)26-16(2)14-21(17(26)3)15-25-22-10-6-19(7-11-22)18(4)27/h6-15H,5H2,1-4H3. The summed E-state index contributed by atoms with van der Waals surface area (Å²) in [7, 11) is 0. The fourth-order valence-electron chi connectivity index (χ4n) is 3.20. The van der Waals surface area contributed by atoms with Crippen molar-refractivity contribution in [3.8, 4) is 5.69 Å². The Morgan fingerprint density at radius 2 is 1.62 bits per heavy atom. The van der Waals surface area contributed by atoms with Crippen LogP contribution in [-0.2, 0) is 4.74 Å². The van der Waals surface area contributed by atoms with E-state index in [4.69, 9.17) is 4.74 Å². The molecular weight excluding hydrogens is 364 g/mol. The van der Waals surface area contributed by atoms with E-state index in [1.807, 2.05) is 44.3 Å². The van der Waals surface area contributed by atoms with Crippen molar-refractivity contribution < 1.29 is 14.3 Å². The second kappa shape index (κ2) is 8.69. The third kappa shape index (κ3) is 4.51. The Bertz CT molecular complexity index is 1060. The maximum absolute atomic E-state index is 11.8. The van der Waals surface area contributed by atoms with Crippen LogP contribution in [0.25, 0.3) is 5.69 Å². The van der Waals surface area contributed by atoms with E-state index in [9.17, 15) is 9.59 Å². The first-order valence-electron chi connectivity index (χ1n) is 9.52. The molecule has 0 N–H and O–H groups in total. The minimum absolute atomic E-state index is 0.0399. The van der Waals surface area contributed by atoms with Crippen LogP contribution in [0.4, 0.5) is 5.69 Å². The lowest BCUT2D eigenvalue weighted by molar-refractivity contribution is 0.0526. The average Bonchev–Trinajstić information content (AvgIpc) is 3.00. The highest BCUT2D eigenvalue weighted by atomic mass is 16.5. The maximum atomic E-state index is 11.8. The van der Waals surface area contributed by atoms with Crippen LogP contribution in [-0.4, -0.2) is 29.1 Å². The molecule has 0 fully saturated rings. The van der Waals surface area contributed by atoms with Gasteiger partial charge in [0.15, 0.2) is 5.78 Å². The van der Waals surface area contributed by atoms with Crippen LogP contribution in [0.2, 0.25) is 0 Å². The number of carbonyl (C=O) groups excluding carboxylic acids is 2. The van der Waals surface area contributed by atoms with Crippen LogP contribution in [0.5, 0.6) is 0 Å². The van der Waals surface area contributed by atoms with Gasteiger partial charge in [-0.15, -0.1) is 0 Å². The van der Waals surface area contributed by atoms with Gasteiger partial charge in [0, 0.05) is 34.4 Å². The van der Waals surface area contributed by atoms with Crippen LogP contribution in [0.15, 0.2) is 59.6 Å². The Labute approximate surface area is 170 Å². The second-order valence-corrected chi connectivity index (χ2v) is 6.79. The molecule has 0 unspecified atom stereocenters. The number of benzene rings is 2. The molecule has 2 aromatic carbocycles. The van der Waals surface area contributed by atoms with Crippen molar-refractivity contribution in [1.29, 1.82) is 0 Å². The van der Waals surface area contributed by atoms with Gasteiger partial charge in [-0.3, -0.25) is 9.79 Å². The van der Waals surface area contributed by atoms with Gasteiger partial charge in [0.05, 0.1) is 17.9 Å². The van der Waals surface area contributed by atoms with Crippen molar-refractivity contribution in [1.82, 2.24) is 4.57 Å². The molecule has 0 spiro atoms. The number of hydrogen-bond acceptors (Lipinski definition) is 4. The molecule has 0 amide bonds. The summed E-state index contributed by atoms with van der Waals surface area (Å²) in [4.78, 5) is 27.8. The molecule has 0 aliphatic carbocycles. The van der Waals surface area contributed by atoms with E-state index in [2.05, 4.69) is 15.6 Å². The number of aliphatic imine (C=N–C) groups is 1. The summed E-state index contributed by atoms with van der Waals surface area (Å²) < 4.78 is 7.16. The molecule has 148 valence electrons. The number of rotatable bonds is 6. The first kappa shape index (κ1) is 20.3. The minimum atomic E-state index is -0.316. The molecule has 0 aliphatic rings. The number of Topliss-reactive ketones (excluding diaryl/α,β-unsaturated/α-hetero) is 1. The van der Waals surface area contributed by atoms with E-state index in [0.717, 1.165) is 28.3 Å². The van der Waals surface area contributed by atoms with E-state index in [1.54, 1.807) is 38.1 Å². The predicted molar refractivity (Wildman–Crippen MR) is 115 cm³/mol. The summed E-state index contributed by atoms with van der Waals surface area (Å²) >= 11 is 0. The Morgan fingerprint density at radius 3 is 2.21 bits per heavy atom. The van der Waals surface area contributed by atoms with E-state index in [1.165, 1.54) is 0 Å². The fraction of sp³-hybridized carbons (Fsp3) is 0.208. The van der Waals surface area contributed by atoms with Gasteiger partial charge in [-0.05, 0) is 82.3 Å². The third-order valence-electron chi connectivity index (χ3n) is 4.73. The zero-order valence-corrected chi connectivity index (χ0v) is 17.1. The summed E-state index contributed by atoms with van der Waals surface area (Å²) in [6, 6.07) is 16.7. The first-order valence-corrected chi connectivity index (χ1v) is 9.52. The molecule has 3 aromatic rings. The van der Waals surface area contributed by atoms with Crippen LogP contribution in [0, 0.1) is 13.8 Å². The quantitative estimate of drug-likeness (QED) is 0.330. The zero-order valence-electron chi connectivity index (χ0n) is 17.1. The van der Waals surface area contributed by atoms with Crippen molar-refractivity contribution in [2.75, 3.05) is 6.61 Å². The van der Waals surface area contributed by atoms with Crippen LogP contribution in [0.1, 0.15) is 51.5 Å². The molecule has 1 heterocycles. The van der Waals surface area contributed by atoms with Gasteiger partial charge in [-0.1, -0.05) is 0 Å². The number of aromatic nitrogens is 1. The summed E-state index contributed by atoms with van der Waals surface area (Å²) in [5, 5.41) is 0. The highest BCUT2D eigenvalue weighted by Crippen LogP contribution is 2.21. The van der Waals surface area contributed by atoms with Crippen molar-refractivity contribution >= 4 is 23.7 Å². The minimum Gasteiger partial charge on any atom is -0.462 e. The van der Waals surface area contributed by atoms with Gasteiger partial charge in [-0.25, -0.2) is 4.79 Å². The normalized spacial score (nSPS) is 11.0. The van der Waals surface area contributed by atoms with Crippen LogP contribution >= 0.6 is 0 Å². The van der Waals surface area contributed by atoms with Crippen molar-refractivity contribution in [2.24, 2.45) is 4.99 Å². The molecule has 29 heavy (non-hydrogen) atoms. The smallest absolute Gasteiger partial charge is 0.338 e. The highest BCUT2D eigenvalue weighted by Gasteiger charge is 2.11. The molecule has 5 heteroatoms. The summed E-state index contributed by atoms with van der Waals surface area (Å²) in [6.45, 7) is 7.76. The van der Waals surface area contributed by atoms with E-state index < -0.39 is 0 Å². The lowest BCUT2D eigenvalue weighted by atomic mass is 10.1. The number of esters is 1. The predicted octanol–water partition coefficient (Wildman–Crippen LogP) is 5.22. The third-order valence-corrected chi connectivity index (χ3v) is 4.73. The Hall–Kier alpha value is -3.47. The monoisotopic (exact) mass is 388 g/mol. The molecule has 0 radical (unpaired) electrons. The molecule has 0 bridgehead atoms. The molecule has 3 rings (SSSR count). The summed E-state index contributed by atoms with van der Waals surface area (Å²) in [5.41, 5.74) is 6.10. The van der Waals surface area contributed by atoms with Crippen LogP contribution in [0.3, 0.4) is 0 Å². The van der Waals surface area contributed by atoms with Gasteiger partial charge in [0.1, 0.15) is 0 Å². The summed E-state index contributed by atoms with van der Waals surface area (Å²) in [5.74, 6) is -0.276. The maximum Gasteiger partial charge on any atom is 0.338 e. The zero-order chi connectivity index (χ0) is 21.0. The molecular formula is C24H24N2O3. The molecule has 5 nitrogen and oxygen atoms in total. The number of nitrogens with zero attached hydrogens (tertiary/aromatic N) is 2. The molecule has 0 aliphatic heterocycles. The largest absolute Gasteiger partial charge is 0.462 e. The Morgan fingerprint density at radius 1 is 1.00 bits per heavy atom. The number of ketones is 1. The van der Waals surface area contributed by atoms with Gasteiger partial charge < -0.3 is 9.30 Å². The van der Waals surface area contributed by atoms with Gasteiger partial charge in [0.25, 0.3) is 0 Å². The average molecular weight is 388 g/mol. The molecule has 0 saturated heterocycles. The van der Waals surface area contributed by atoms with Crippen LogP contribution < -0.4 is 0 Å². The first-order chi connectivity index (χ1) is 13.9. The number of ether oxygens (including phenoxy) is 1. The molecule has 1 aromatic heterocycles. The topological polar surface area (TPSA) is 60.7 Å². The van der Waals surface area contributed by atoms with E-state index in [0.29, 0.717) is 17.7 Å². The fourth-order valence-corrected chi connectivity index (χ4v) is 3.20. The van der Waals surface area contributed by atoms with Gasteiger partial charge in [0.2, 0.25) is 0 Å². The number of aryl methyl sites for hydroxylation is 1. The van der Waals surface area contributed by atoms with Crippen molar-refractivity contribution in [3.05, 3.63) is 82.7 Å². The second-order valence-electron chi connectivity index (χ2n) is 6.79. The molecule has 0 saturated carbocycles. The van der Waals surface area contributed by atoms with Gasteiger partial charge in [-0.2, -0.15) is 0 Å². The lowest BCUT2D eigenvalue weighted by Gasteiger charge is -2.10. The van der Waals surface area contributed by atoms with E-state index >= 15 is 0 Å². The SMILES string of the molecule is CCOC(=O)c1ccc(-n2c(C)cc(C=Nc3ccc(C(C)=O)cc3)c2C)cc1. The van der Waals surface area contributed by atoms with Crippen molar-refractivity contribution in [3.63, 3.8) is 0 Å². The summed E-state index contributed by atoms with van der Waals surface area (Å²) in [6.07, 6.45) is 1.83. The Balaban J connectivity index is 1.84. The highest BCUT2D eigenvalue weighted by molar-refractivity contribution is 5.94. The van der Waals surface area contributed by atoms with E-state index in [-0.39, 0.29) is 11.8 Å². The Kier molecular flexibility index (Phi) is 6.07. The van der Waals surface area contributed by atoms with Gasteiger partial charge >= 0.3 is 5.97 Å². The molecule has 0 atom stereocenters. The lowest BCUT2D eigenvalue weighted by Crippen LogP contribution is -2.05.